The van der Waals surface area contributed by atoms with Crippen molar-refractivity contribution in [3.63, 3.8) is 0 Å². The van der Waals surface area contributed by atoms with Crippen molar-refractivity contribution >= 4 is 35.6 Å². The maximum absolute atomic E-state index is 8.21. The summed E-state index contributed by atoms with van der Waals surface area (Å²) < 4.78 is 5.43. The number of nitrogens with zero attached hydrogens (tertiary/aromatic N) is 2. The van der Waals surface area contributed by atoms with Crippen LogP contribution in [0.1, 0.15) is 45.1 Å². The molecule has 0 bridgehead atoms. The zero-order valence-corrected chi connectivity index (χ0v) is 15.5. The van der Waals surface area contributed by atoms with Crippen LogP contribution in [0.4, 0.5) is 0 Å². The molecule has 0 saturated heterocycles. The van der Waals surface area contributed by atoms with E-state index in [0.29, 0.717) is 16.6 Å². The van der Waals surface area contributed by atoms with E-state index in [1.807, 2.05) is 23.2 Å². The zero-order valence-electron chi connectivity index (χ0n) is 13.9. The third-order valence-electron chi connectivity index (χ3n) is 3.92. The molecular formula is C17H25Cl2N3O. The number of benzene rings is 1. The summed E-state index contributed by atoms with van der Waals surface area (Å²) in [6.45, 7) is 5.04. The highest BCUT2D eigenvalue weighted by atomic mass is 35.5. The van der Waals surface area contributed by atoms with Gasteiger partial charge in [0.1, 0.15) is 11.6 Å². The molecule has 4 nitrogen and oxygen atoms in total. The van der Waals surface area contributed by atoms with Crippen LogP contribution in [0.3, 0.4) is 0 Å². The van der Waals surface area contributed by atoms with Crippen molar-refractivity contribution in [3.8, 4) is 5.75 Å². The van der Waals surface area contributed by atoms with E-state index >= 15 is 0 Å². The normalized spacial score (nSPS) is 16.8. The van der Waals surface area contributed by atoms with Crippen molar-refractivity contribution in [3.05, 3.63) is 28.8 Å². The van der Waals surface area contributed by atoms with Crippen molar-refractivity contribution in [2.75, 3.05) is 13.7 Å². The van der Waals surface area contributed by atoms with Gasteiger partial charge in [-0.05, 0) is 18.6 Å². The van der Waals surface area contributed by atoms with Gasteiger partial charge in [-0.15, -0.1) is 12.4 Å². The first-order valence-electron chi connectivity index (χ1n) is 7.84. The number of hydrogen-bond acceptors (Lipinski definition) is 3. The largest absolute Gasteiger partial charge is 0.494 e. The number of para-hydroxylation sites is 1. The Balaban J connectivity index is 0.00000264. The van der Waals surface area contributed by atoms with E-state index in [-0.39, 0.29) is 18.3 Å². The summed E-state index contributed by atoms with van der Waals surface area (Å²) in [5, 5.41) is 15.3. The third-order valence-corrected chi connectivity index (χ3v) is 4.22. The molecule has 1 aliphatic heterocycles. The molecule has 2 rings (SSSR count). The number of methoxy groups -OCH3 is 1. The first-order valence-corrected chi connectivity index (χ1v) is 8.22. The minimum atomic E-state index is 0. The van der Waals surface area contributed by atoms with Gasteiger partial charge in [-0.2, -0.15) is 5.10 Å². The fourth-order valence-electron chi connectivity index (χ4n) is 2.69. The van der Waals surface area contributed by atoms with Crippen molar-refractivity contribution in [1.82, 2.24) is 5.01 Å². The predicted octanol–water partition coefficient (Wildman–Crippen LogP) is 4.98. The Morgan fingerprint density at radius 2 is 2.17 bits per heavy atom. The molecular weight excluding hydrogens is 333 g/mol. The lowest BCUT2D eigenvalue weighted by atomic mass is 9.98. The van der Waals surface area contributed by atoms with Gasteiger partial charge in [0.2, 0.25) is 0 Å². The molecule has 0 spiro atoms. The lowest BCUT2D eigenvalue weighted by molar-refractivity contribution is 0.414. The molecule has 6 heteroatoms. The van der Waals surface area contributed by atoms with Gasteiger partial charge in [-0.1, -0.05) is 44.4 Å². The molecule has 1 heterocycles. The second-order valence-corrected chi connectivity index (χ2v) is 6.10. The maximum atomic E-state index is 8.21. The van der Waals surface area contributed by atoms with Crippen LogP contribution < -0.4 is 4.74 Å². The minimum absolute atomic E-state index is 0. The number of hydrazone groups is 1. The summed E-state index contributed by atoms with van der Waals surface area (Å²) in [5.41, 5.74) is 1.87. The Morgan fingerprint density at radius 1 is 1.43 bits per heavy atom. The Kier molecular flexibility index (Phi) is 7.86. The number of unbranched alkanes of at least 4 members (excludes halogenated alkanes) is 2. The quantitative estimate of drug-likeness (QED) is 0.443. The van der Waals surface area contributed by atoms with E-state index in [1.165, 1.54) is 0 Å². The predicted molar refractivity (Wildman–Crippen MR) is 99.5 cm³/mol. The van der Waals surface area contributed by atoms with Crippen LogP contribution in [0.2, 0.25) is 5.02 Å². The standard InChI is InChI=1S/C17H24ClN3O.ClH/c1-4-5-6-10-15(19)21-11-12(2)16(20-21)13-8-7-9-14(18)17(13)22-3;/h7-9,12,19H,4-6,10-11H2,1-3H3;1H. The Bertz CT molecular complexity index is 575. The highest BCUT2D eigenvalue weighted by Crippen LogP contribution is 2.32. The first kappa shape index (κ1) is 19.8. The number of amidine groups is 1. The topological polar surface area (TPSA) is 48.7 Å². The molecule has 0 aromatic heterocycles. The van der Waals surface area contributed by atoms with Gasteiger partial charge in [0.15, 0.2) is 0 Å². The number of ether oxygens (including phenoxy) is 1. The first-order chi connectivity index (χ1) is 10.6. The van der Waals surface area contributed by atoms with Gasteiger partial charge < -0.3 is 4.74 Å². The molecule has 1 unspecified atom stereocenters. The van der Waals surface area contributed by atoms with Crippen molar-refractivity contribution < 1.29 is 4.74 Å². The molecule has 1 aliphatic rings. The van der Waals surface area contributed by atoms with Gasteiger partial charge in [0.05, 0.1) is 24.4 Å². The van der Waals surface area contributed by atoms with Crippen LogP contribution in [-0.4, -0.2) is 30.2 Å². The van der Waals surface area contributed by atoms with Gasteiger partial charge >= 0.3 is 0 Å². The number of nitrogens with one attached hydrogen (secondary N) is 1. The molecule has 0 amide bonds. The molecule has 0 aliphatic carbocycles. The lowest BCUT2D eigenvalue weighted by Crippen LogP contribution is -2.24. The van der Waals surface area contributed by atoms with Crippen molar-refractivity contribution in [1.29, 1.82) is 5.41 Å². The zero-order chi connectivity index (χ0) is 16.1. The maximum Gasteiger partial charge on any atom is 0.146 e. The van der Waals surface area contributed by atoms with Crippen LogP contribution in [0.25, 0.3) is 0 Å². The summed E-state index contributed by atoms with van der Waals surface area (Å²) in [5.74, 6) is 1.50. The summed E-state index contributed by atoms with van der Waals surface area (Å²) in [6, 6.07) is 5.70. The Hall–Kier alpha value is -1.26. The van der Waals surface area contributed by atoms with E-state index < -0.39 is 0 Å². The highest BCUT2D eigenvalue weighted by molar-refractivity contribution is 6.32. The molecule has 0 saturated carbocycles. The van der Waals surface area contributed by atoms with E-state index in [0.717, 1.165) is 43.5 Å². The van der Waals surface area contributed by atoms with Crippen molar-refractivity contribution in [2.45, 2.75) is 39.5 Å². The molecule has 1 atom stereocenters. The monoisotopic (exact) mass is 357 g/mol. The highest BCUT2D eigenvalue weighted by Gasteiger charge is 2.28. The van der Waals surface area contributed by atoms with E-state index in [9.17, 15) is 0 Å². The fraction of sp³-hybridized carbons (Fsp3) is 0.529. The third kappa shape index (κ3) is 4.61. The van der Waals surface area contributed by atoms with Crippen LogP contribution in [0, 0.1) is 11.3 Å². The molecule has 0 fully saturated rings. The van der Waals surface area contributed by atoms with E-state index in [4.69, 9.17) is 21.7 Å². The summed E-state index contributed by atoms with van der Waals surface area (Å²) in [6.07, 6.45) is 4.15. The second kappa shape index (κ2) is 9.14. The van der Waals surface area contributed by atoms with Crippen LogP contribution in [-0.2, 0) is 0 Å². The van der Waals surface area contributed by atoms with E-state index in [2.05, 4.69) is 18.9 Å². The number of rotatable bonds is 6. The summed E-state index contributed by atoms with van der Waals surface area (Å²) in [7, 11) is 1.62. The molecule has 1 aromatic rings. The molecule has 1 aromatic carbocycles. The summed E-state index contributed by atoms with van der Waals surface area (Å²) >= 11 is 6.20. The molecule has 128 valence electrons. The minimum Gasteiger partial charge on any atom is -0.494 e. The molecule has 0 radical (unpaired) electrons. The Morgan fingerprint density at radius 3 is 2.83 bits per heavy atom. The number of halogens is 2. The average Bonchev–Trinajstić information content (AvgIpc) is 2.89. The van der Waals surface area contributed by atoms with Crippen molar-refractivity contribution in [2.24, 2.45) is 11.0 Å². The fourth-order valence-corrected chi connectivity index (χ4v) is 2.95. The molecule has 1 N–H and O–H groups in total. The molecule has 23 heavy (non-hydrogen) atoms. The Labute approximate surface area is 149 Å². The SMILES string of the molecule is CCCCCC(=N)N1CC(C)C(c2cccc(Cl)c2OC)=N1.Cl. The van der Waals surface area contributed by atoms with Gasteiger partial charge in [0.25, 0.3) is 0 Å². The summed E-state index contributed by atoms with van der Waals surface area (Å²) in [4.78, 5) is 0. The second-order valence-electron chi connectivity index (χ2n) is 5.69. The smallest absolute Gasteiger partial charge is 0.146 e. The van der Waals surface area contributed by atoms with Crippen LogP contribution in [0.15, 0.2) is 23.3 Å². The lowest BCUT2D eigenvalue weighted by Gasteiger charge is -2.15. The van der Waals surface area contributed by atoms with Crippen LogP contribution in [0.5, 0.6) is 5.75 Å². The van der Waals surface area contributed by atoms with Gasteiger partial charge in [-0.25, -0.2) is 0 Å². The van der Waals surface area contributed by atoms with Gasteiger partial charge in [0, 0.05) is 17.9 Å². The van der Waals surface area contributed by atoms with Crippen LogP contribution >= 0.6 is 24.0 Å². The van der Waals surface area contributed by atoms with Gasteiger partial charge in [-0.3, -0.25) is 10.4 Å². The average molecular weight is 358 g/mol. The number of hydrogen-bond donors (Lipinski definition) is 1. The van der Waals surface area contributed by atoms with E-state index in [1.54, 1.807) is 7.11 Å².